The zero-order chi connectivity index (χ0) is 13.7. The normalized spacial score (nSPS) is 18.2. The van der Waals surface area contributed by atoms with Crippen molar-refractivity contribution in [2.45, 2.75) is 25.9 Å². The van der Waals surface area contributed by atoms with Crippen LogP contribution < -0.4 is 5.32 Å². The molecule has 0 aromatic carbocycles. The average molecular weight is 258 g/mol. The Labute approximate surface area is 105 Å². The second kappa shape index (κ2) is 6.34. The highest BCUT2D eigenvalue weighted by Gasteiger charge is 2.26. The maximum Gasteiger partial charge on any atom is 0.334 e. The molecule has 0 bridgehead atoms. The summed E-state index contributed by atoms with van der Waals surface area (Å²) in [5.74, 6) is -1.85. The lowest BCUT2D eigenvalue weighted by Crippen LogP contribution is -2.44. The summed E-state index contributed by atoms with van der Waals surface area (Å²) in [6, 6.07) is 0. The molecular formula is C11H18N2O5. The topological polar surface area (TPSA) is 107 Å². The molecule has 7 nitrogen and oxygen atoms in total. The van der Waals surface area contributed by atoms with Gasteiger partial charge in [0.25, 0.3) is 0 Å². The number of carbonyl (C=O) groups excluding carboxylic acids is 2. The number of nitrogens with one attached hydrogen (secondary N) is 1. The predicted octanol–water partition coefficient (Wildman–Crippen LogP) is -1.19. The predicted molar refractivity (Wildman–Crippen MR) is 61.6 cm³/mol. The number of likely N-dealkylation sites (tertiary alicyclic amines) is 1. The number of rotatable bonds is 4. The second-order valence-corrected chi connectivity index (χ2v) is 4.38. The molecule has 102 valence electrons. The third-order valence-electron chi connectivity index (χ3n) is 3.07. The van der Waals surface area contributed by atoms with E-state index in [4.69, 9.17) is 10.2 Å². The van der Waals surface area contributed by atoms with Crippen molar-refractivity contribution in [3.63, 3.8) is 0 Å². The van der Waals surface area contributed by atoms with Crippen LogP contribution in [0.3, 0.4) is 0 Å². The molecule has 1 atom stereocenters. The number of hydrogen-bond donors (Lipinski definition) is 3. The van der Waals surface area contributed by atoms with Gasteiger partial charge in [-0.2, -0.15) is 0 Å². The Balaban J connectivity index is 2.32. The molecular weight excluding hydrogens is 240 g/mol. The van der Waals surface area contributed by atoms with Gasteiger partial charge in [-0.15, -0.1) is 0 Å². The van der Waals surface area contributed by atoms with Crippen molar-refractivity contribution < 1.29 is 24.6 Å². The number of piperidine rings is 1. The minimum Gasteiger partial charge on any atom is -0.479 e. The molecule has 0 spiro atoms. The molecule has 1 rings (SSSR count). The first-order valence-electron chi connectivity index (χ1n) is 5.86. The molecule has 0 aromatic heterocycles. The number of carbonyl (C=O) groups is 3. The zero-order valence-electron chi connectivity index (χ0n) is 10.3. The first kappa shape index (κ1) is 14.4. The van der Waals surface area contributed by atoms with Crippen LogP contribution in [-0.2, 0) is 14.4 Å². The smallest absolute Gasteiger partial charge is 0.334 e. The number of hydrogen-bond acceptors (Lipinski definition) is 4. The maximum absolute atomic E-state index is 11.7. The Morgan fingerprint density at radius 3 is 2.33 bits per heavy atom. The van der Waals surface area contributed by atoms with Gasteiger partial charge in [0.15, 0.2) is 6.10 Å². The Morgan fingerprint density at radius 2 is 1.89 bits per heavy atom. The number of carboxylic acids is 1. The number of aliphatic hydroxyl groups excluding tert-OH is 1. The van der Waals surface area contributed by atoms with Crippen LogP contribution in [0.1, 0.15) is 19.8 Å². The summed E-state index contributed by atoms with van der Waals surface area (Å²) in [6.45, 7) is 2.27. The molecule has 1 unspecified atom stereocenters. The minimum atomic E-state index is -1.58. The van der Waals surface area contributed by atoms with E-state index < -0.39 is 12.1 Å². The van der Waals surface area contributed by atoms with Crippen molar-refractivity contribution >= 4 is 17.8 Å². The van der Waals surface area contributed by atoms with Crippen LogP contribution in [0.2, 0.25) is 0 Å². The van der Waals surface area contributed by atoms with Gasteiger partial charge in [-0.05, 0) is 12.8 Å². The molecule has 0 radical (unpaired) electrons. The fraction of sp³-hybridized carbons (Fsp3) is 0.727. The van der Waals surface area contributed by atoms with E-state index in [9.17, 15) is 14.4 Å². The van der Waals surface area contributed by atoms with Gasteiger partial charge in [0.05, 0.1) is 6.54 Å². The molecule has 2 amide bonds. The van der Waals surface area contributed by atoms with Crippen LogP contribution in [0, 0.1) is 5.92 Å². The Morgan fingerprint density at radius 1 is 1.33 bits per heavy atom. The summed E-state index contributed by atoms with van der Waals surface area (Å²) >= 11 is 0. The highest BCUT2D eigenvalue weighted by Crippen LogP contribution is 2.17. The van der Waals surface area contributed by atoms with Crippen LogP contribution in [0.5, 0.6) is 0 Å². The number of aliphatic hydroxyl groups is 1. The third kappa shape index (κ3) is 3.99. The fourth-order valence-corrected chi connectivity index (χ4v) is 1.89. The Kier molecular flexibility index (Phi) is 5.08. The van der Waals surface area contributed by atoms with Crippen molar-refractivity contribution in [3.8, 4) is 0 Å². The molecule has 0 saturated carbocycles. The van der Waals surface area contributed by atoms with Crippen molar-refractivity contribution in [2.24, 2.45) is 5.92 Å². The van der Waals surface area contributed by atoms with E-state index in [1.165, 1.54) is 6.92 Å². The largest absolute Gasteiger partial charge is 0.479 e. The van der Waals surface area contributed by atoms with Crippen molar-refractivity contribution in [2.75, 3.05) is 19.6 Å². The monoisotopic (exact) mass is 258 g/mol. The van der Waals surface area contributed by atoms with Gasteiger partial charge in [-0.25, -0.2) is 4.79 Å². The van der Waals surface area contributed by atoms with E-state index in [-0.39, 0.29) is 24.3 Å². The molecule has 3 N–H and O–H groups in total. The molecule has 0 aromatic rings. The van der Waals surface area contributed by atoms with E-state index in [2.05, 4.69) is 5.32 Å². The fourth-order valence-electron chi connectivity index (χ4n) is 1.89. The molecule has 1 heterocycles. The highest BCUT2D eigenvalue weighted by molar-refractivity contribution is 5.80. The maximum atomic E-state index is 11.7. The lowest BCUT2D eigenvalue weighted by Gasteiger charge is -2.30. The minimum absolute atomic E-state index is 0.00448. The van der Waals surface area contributed by atoms with Gasteiger partial charge >= 0.3 is 5.97 Å². The molecule has 7 heteroatoms. The molecule has 1 aliphatic rings. The van der Waals surface area contributed by atoms with Crippen LogP contribution in [0.15, 0.2) is 0 Å². The number of amides is 2. The molecule has 1 fully saturated rings. The summed E-state index contributed by atoms with van der Waals surface area (Å²) in [7, 11) is 0. The summed E-state index contributed by atoms with van der Waals surface area (Å²) in [4.78, 5) is 34.8. The highest BCUT2D eigenvalue weighted by atomic mass is 16.4. The number of aliphatic carboxylic acids is 1. The molecule has 1 saturated heterocycles. The van der Waals surface area contributed by atoms with Gasteiger partial charge in [0.1, 0.15) is 0 Å². The van der Waals surface area contributed by atoms with Gasteiger partial charge in [-0.3, -0.25) is 9.59 Å². The molecule has 1 aliphatic heterocycles. The summed E-state index contributed by atoms with van der Waals surface area (Å²) in [5, 5.41) is 19.9. The van der Waals surface area contributed by atoms with E-state index in [1.54, 1.807) is 4.90 Å². The first-order valence-corrected chi connectivity index (χ1v) is 5.86. The standard InChI is InChI=1S/C11H18N2O5/c1-7(14)13-4-2-8(3-5-13)10(16)12-6-9(15)11(17)18/h8-9,15H,2-6H2,1H3,(H,12,16)(H,17,18). The van der Waals surface area contributed by atoms with E-state index >= 15 is 0 Å². The lowest BCUT2D eigenvalue weighted by molar-refractivity contribution is -0.146. The van der Waals surface area contributed by atoms with Crippen molar-refractivity contribution in [1.29, 1.82) is 0 Å². The van der Waals surface area contributed by atoms with Crippen LogP contribution in [0.4, 0.5) is 0 Å². The third-order valence-corrected chi connectivity index (χ3v) is 3.07. The summed E-state index contributed by atoms with van der Waals surface area (Å²) in [6.07, 6.45) is -0.449. The summed E-state index contributed by atoms with van der Waals surface area (Å²) in [5.41, 5.74) is 0. The molecule has 18 heavy (non-hydrogen) atoms. The van der Waals surface area contributed by atoms with Gasteiger partial charge < -0.3 is 20.4 Å². The van der Waals surface area contributed by atoms with Crippen molar-refractivity contribution in [3.05, 3.63) is 0 Å². The first-order chi connectivity index (χ1) is 8.41. The summed E-state index contributed by atoms with van der Waals surface area (Å²) < 4.78 is 0. The van der Waals surface area contributed by atoms with Crippen LogP contribution in [-0.4, -0.2) is 58.6 Å². The van der Waals surface area contributed by atoms with Gasteiger partial charge in [0, 0.05) is 25.9 Å². The SMILES string of the molecule is CC(=O)N1CCC(C(=O)NCC(O)C(=O)O)CC1. The molecule has 0 aliphatic carbocycles. The Bertz CT molecular complexity index is 336. The van der Waals surface area contributed by atoms with Crippen LogP contribution in [0.25, 0.3) is 0 Å². The second-order valence-electron chi connectivity index (χ2n) is 4.38. The van der Waals surface area contributed by atoms with E-state index in [0.29, 0.717) is 25.9 Å². The van der Waals surface area contributed by atoms with Gasteiger partial charge in [-0.1, -0.05) is 0 Å². The quantitative estimate of drug-likeness (QED) is 0.587. The van der Waals surface area contributed by atoms with E-state index in [0.717, 1.165) is 0 Å². The lowest BCUT2D eigenvalue weighted by atomic mass is 9.96. The van der Waals surface area contributed by atoms with Gasteiger partial charge in [0.2, 0.25) is 11.8 Å². The average Bonchev–Trinajstić information content (AvgIpc) is 2.35. The Hall–Kier alpha value is -1.63. The van der Waals surface area contributed by atoms with E-state index in [1.807, 2.05) is 0 Å². The number of nitrogens with zero attached hydrogens (tertiary/aromatic N) is 1. The van der Waals surface area contributed by atoms with Crippen LogP contribution >= 0.6 is 0 Å². The van der Waals surface area contributed by atoms with Crippen molar-refractivity contribution in [1.82, 2.24) is 10.2 Å². The number of carboxylic acid groups (broad SMARTS) is 1. The zero-order valence-corrected chi connectivity index (χ0v) is 10.3.